The topological polar surface area (TPSA) is 65.2 Å². The number of nitrogens with zero attached hydrogens (tertiary/aromatic N) is 2. The third-order valence-corrected chi connectivity index (χ3v) is 3.36. The molecule has 0 aromatic heterocycles. The number of hydrogen-bond acceptors (Lipinski definition) is 4. The normalized spacial score (nSPS) is 32.5. The molecule has 2 atom stereocenters. The van der Waals surface area contributed by atoms with Crippen LogP contribution in [-0.4, -0.2) is 21.8 Å². The Labute approximate surface area is 86.5 Å². The van der Waals surface area contributed by atoms with E-state index in [0.29, 0.717) is 11.4 Å². The number of fused-ring (bicyclic) bond motifs is 5. The van der Waals surface area contributed by atoms with Crippen molar-refractivity contribution >= 4 is 11.4 Å². The molecule has 4 nitrogen and oxygen atoms in total. The monoisotopic (exact) mass is 202 g/mol. The minimum atomic E-state index is 0.0992. The van der Waals surface area contributed by atoms with Gasteiger partial charge >= 0.3 is 0 Å². The van der Waals surface area contributed by atoms with E-state index in [1.54, 1.807) is 0 Å². The first kappa shape index (κ1) is 8.47. The molecule has 0 spiro atoms. The molecule has 2 aliphatic carbocycles. The minimum Gasteiger partial charge on any atom is -0.411 e. The molecule has 2 aliphatic rings. The molecular weight excluding hydrogens is 192 g/mol. The summed E-state index contributed by atoms with van der Waals surface area (Å²) in [6, 6.07) is 8.03. The highest BCUT2D eigenvalue weighted by molar-refractivity contribution is 6.49. The maximum absolute atomic E-state index is 8.91. The lowest BCUT2D eigenvalue weighted by atomic mass is 9.89. The van der Waals surface area contributed by atoms with E-state index in [9.17, 15) is 0 Å². The Kier molecular flexibility index (Phi) is 1.59. The molecule has 0 heterocycles. The zero-order valence-electron chi connectivity index (χ0n) is 7.96. The highest BCUT2D eigenvalue weighted by Crippen LogP contribution is 2.49. The molecule has 0 saturated heterocycles. The highest BCUT2D eigenvalue weighted by atomic mass is 16.4. The maximum Gasteiger partial charge on any atom is 0.112 e. The van der Waals surface area contributed by atoms with Gasteiger partial charge in [0.2, 0.25) is 0 Å². The van der Waals surface area contributed by atoms with Crippen LogP contribution < -0.4 is 0 Å². The highest BCUT2D eigenvalue weighted by Gasteiger charge is 2.47. The largest absolute Gasteiger partial charge is 0.411 e. The fourth-order valence-electron chi connectivity index (χ4n) is 2.75. The third kappa shape index (κ3) is 0.909. The fraction of sp³-hybridized carbons (Fsp3) is 0.273. The summed E-state index contributed by atoms with van der Waals surface area (Å²) in [4.78, 5) is 0. The van der Waals surface area contributed by atoms with Gasteiger partial charge in [-0.1, -0.05) is 34.6 Å². The van der Waals surface area contributed by atoms with Gasteiger partial charge in [-0.3, -0.25) is 0 Å². The van der Waals surface area contributed by atoms with Crippen LogP contribution in [0.4, 0.5) is 0 Å². The maximum atomic E-state index is 8.91. The van der Waals surface area contributed by atoms with Crippen molar-refractivity contribution in [2.24, 2.45) is 10.3 Å². The van der Waals surface area contributed by atoms with Crippen molar-refractivity contribution in [2.75, 3.05) is 0 Å². The molecule has 0 aliphatic heterocycles. The molecule has 2 bridgehead atoms. The Morgan fingerprint density at radius 1 is 0.933 bits per heavy atom. The van der Waals surface area contributed by atoms with E-state index in [1.807, 2.05) is 24.3 Å². The third-order valence-electron chi connectivity index (χ3n) is 3.36. The molecule has 3 rings (SSSR count). The molecule has 76 valence electrons. The van der Waals surface area contributed by atoms with Crippen LogP contribution in [0.3, 0.4) is 0 Å². The van der Waals surface area contributed by atoms with Gasteiger partial charge in [0.05, 0.1) is 0 Å². The van der Waals surface area contributed by atoms with Crippen LogP contribution in [0.5, 0.6) is 0 Å². The Hall–Kier alpha value is -1.84. The van der Waals surface area contributed by atoms with E-state index in [1.165, 1.54) is 11.1 Å². The van der Waals surface area contributed by atoms with Crippen LogP contribution in [0, 0.1) is 0 Å². The molecule has 4 heteroatoms. The first-order valence-corrected chi connectivity index (χ1v) is 4.90. The Morgan fingerprint density at radius 2 is 1.40 bits per heavy atom. The second kappa shape index (κ2) is 2.82. The summed E-state index contributed by atoms with van der Waals surface area (Å²) in [5.74, 6) is 0.198. The van der Waals surface area contributed by atoms with Crippen LogP contribution in [0.1, 0.15) is 29.4 Å². The van der Waals surface area contributed by atoms with Crippen molar-refractivity contribution in [3.8, 4) is 0 Å². The van der Waals surface area contributed by atoms with Gasteiger partial charge in [0, 0.05) is 11.8 Å². The molecule has 0 amide bonds. The van der Waals surface area contributed by atoms with Crippen LogP contribution in [0.2, 0.25) is 0 Å². The lowest BCUT2D eigenvalue weighted by Crippen LogP contribution is -2.21. The second-order valence-electron chi connectivity index (χ2n) is 3.94. The van der Waals surface area contributed by atoms with Crippen molar-refractivity contribution in [1.82, 2.24) is 0 Å². The van der Waals surface area contributed by atoms with Crippen molar-refractivity contribution in [2.45, 2.75) is 18.3 Å². The molecule has 2 N–H and O–H groups in total. The van der Waals surface area contributed by atoms with E-state index in [2.05, 4.69) is 10.3 Å². The molecule has 1 saturated carbocycles. The summed E-state index contributed by atoms with van der Waals surface area (Å²) in [5.41, 5.74) is 3.42. The lowest BCUT2D eigenvalue weighted by Gasteiger charge is -2.16. The molecule has 1 aromatic rings. The van der Waals surface area contributed by atoms with E-state index in [-0.39, 0.29) is 11.8 Å². The van der Waals surface area contributed by atoms with Crippen LogP contribution in [0.15, 0.2) is 34.6 Å². The summed E-state index contributed by atoms with van der Waals surface area (Å²) >= 11 is 0. The molecule has 2 unspecified atom stereocenters. The van der Waals surface area contributed by atoms with Gasteiger partial charge in [-0.05, 0) is 17.5 Å². The summed E-state index contributed by atoms with van der Waals surface area (Å²) in [6.07, 6.45) is 0.859. The number of hydrogen-bond donors (Lipinski definition) is 2. The van der Waals surface area contributed by atoms with Gasteiger partial charge in [-0.25, -0.2) is 0 Å². The quantitative estimate of drug-likeness (QED) is 0.498. The zero-order valence-corrected chi connectivity index (χ0v) is 7.96. The first-order valence-electron chi connectivity index (χ1n) is 4.90. The fourth-order valence-corrected chi connectivity index (χ4v) is 2.75. The van der Waals surface area contributed by atoms with Crippen LogP contribution in [-0.2, 0) is 0 Å². The lowest BCUT2D eigenvalue weighted by molar-refractivity contribution is 0.313. The summed E-state index contributed by atoms with van der Waals surface area (Å²) in [7, 11) is 0. The molecule has 15 heavy (non-hydrogen) atoms. The predicted octanol–water partition coefficient (Wildman–Crippen LogP) is 1.93. The number of benzene rings is 1. The van der Waals surface area contributed by atoms with Gasteiger partial charge in [-0.2, -0.15) is 0 Å². The first-order chi connectivity index (χ1) is 7.36. The van der Waals surface area contributed by atoms with E-state index < -0.39 is 0 Å². The summed E-state index contributed by atoms with van der Waals surface area (Å²) < 4.78 is 0. The van der Waals surface area contributed by atoms with E-state index in [0.717, 1.165) is 6.42 Å². The number of rotatable bonds is 0. The van der Waals surface area contributed by atoms with Crippen molar-refractivity contribution in [3.05, 3.63) is 35.4 Å². The number of oxime groups is 2. The van der Waals surface area contributed by atoms with Crippen molar-refractivity contribution in [1.29, 1.82) is 0 Å². The molecule has 1 fully saturated rings. The van der Waals surface area contributed by atoms with Gasteiger partial charge in [-0.15, -0.1) is 0 Å². The molecule has 0 radical (unpaired) electrons. The van der Waals surface area contributed by atoms with Crippen molar-refractivity contribution in [3.63, 3.8) is 0 Å². The van der Waals surface area contributed by atoms with Crippen molar-refractivity contribution < 1.29 is 10.4 Å². The standard InChI is InChI=1S/C11H10N2O2/c14-12-10-8-5-9(11(10)13-15)7-4-2-1-3-6(7)8/h1-4,8-9,14-15H,5H2/b12-10-,13-11+. The summed E-state index contributed by atoms with van der Waals surface area (Å²) in [6.45, 7) is 0. The molecule has 1 aromatic carbocycles. The smallest absolute Gasteiger partial charge is 0.112 e. The van der Waals surface area contributed by atoms with E-state index >= 15 is 0 Å². The van der Waals surface area contributed by atoms with Gasteiger partial charge < -0.3 is 10.4 Å². The van der Waals surface area contributed by atoms with Gasteiger partial charge in [0.25, 0.3) is 0 Å². The SMILES string of the molecule is O/N=C1\C(=N\O)C2CC1c1ccccc12. The van der Waals surface area contributed by atoms with Gasteiger partial charge in [0.1, 0.15) is 11.4 Å². The average Bonchev–Trinajstić information content (AvgIpc) is 2.84. The van der Waals surface area contributed by atoms with Crippen LogP contribution in [0.25, 0.3) is 0 Å². The Morgan fingerprint density at radius 3 is 1.80 bits per heavy atom. The van der Waals surface area contributed by atoms with Gasteiger partial charge in [0.15, 0.2) is 0 Å². The Balaban J connectivity index is 2.22. The second-order valence-corrected chi connectivity index (χ2v) is 3.94. The van der Waals surface area contributed by atoms with E-state index in [4.69, 9.17) is 10.4 Å². The minimum absolute atomic E-state index is 0.0992. The van der Waals surface area contributed by atoms with Crippen LogP contribution >= 0.6 is 0 Å². The average molecular weight is 202 g/mol. The molecular formula is C11H10N2O2. The predicted molar refractivity (Wildman–Crippen MR) is 55.0 cm³/mol. The zero-order chi connectivity index (χ0) is 10.4. The Bertz CT molecular complexity index is 436. The summed E-state index contributed by atoms with van der Waals surface area (Å²) in [5, 5.41) is 24.3.